The van der Waals surface area contributed by atoms with Crippen molar-refractivity contribution < 1.29 is 9.21 Å². The maximum Gasteiger partial charge on any atom is 0.437 e. The molecule has 1 aliphatic carbocycles. The number of hydrogen-bond acceptors (Lipinski definition) is 4. The Labute approximate surface area is 144 Å². The van der Waals surface area contributed by atoms with Crippen LogP contribution in [0.5, 0.6) is 0 Å². The van der Waals surface area contributed by atoms with Crippen molar-refractivity contribution in [3.63, 3.8) is 0 Å². The number of amides is 1. The van der Waals surface area contributed by atoms with Gasteiger partial charge in [0.25, 0.3) is 0 Å². The highest BCUT2D eigenvalue weighted by molar-refractivity contribution is 5.76. The minimum Gasteiger partial charge on any atom is -0.388 e. The zero-order chi connectivity index (χ0) is 17.2. The summed E-state index contributed by atoms with van der Waals surface area (Å²) < 4.78 is 6.20. The molecule has 1 aliphatic rings. The second-order valence-electron chi connectivity index (χ2n) is 6.05. The maximum absolute atomic E-state index is 12.3. The molecule has 126 valence electrons. The first-order valence-corrected chi connectivity index (χ1v) is 8.21. The first-order chi connectivity index (χ1) is 12.2. The Morgan fingerprint density at radius 3 is 2.76 bits per heavy atom. The number of nitrogens with one attached hydrogen (secondary N) is 1. The van der Waals surface area contributed by atoms with E-state index in [-0.39, 0.29) is 24.4 Å². The Morgan fingerprint density at radius 2 is 1.92 bits per heavy atom. The van der Waals surface area contributed by atoms with Crippen LogP contribution in [0.3, 0.4) is 0 Å². The van der Waals surface area contributed by atoms with Gasteiger partial charge in [0.1, 0.15) is 6.54 Å². The van der Waals surface area contributed by atoms with Gasteiger partial charge in [-0.3, -0.25) is 4.79 Å². The summed E-state index contributed by atoms with van der Waals surface area (Å²) in [6.45, 7) is -0.159. The molecule has 1 atom stereocenters. The summed E-state index contributed by atoms with van der Waals surface area (Å²) in [4.78, 5) is 24.3. The number of aromatic nitrogens is 2. The van der Waals surface area contributed by atoms with Crippen LogP contribution in [0, 0.1) is 0 Å². The summed E-state index contributed by atoms with van der Waals surface area (Å²) in [6, 6.07) is 17.2. The highest BCUT2D eigenvalue weighted by atomic mass is 16.4. The van der Waals surface area contributed by atoms with E-state index in [0.717, 1.165) is 23.1 Å². The van der Waals surface area contributed by atoms with Crippen LogP contribution >= 0.6 is 0 Å². The van der Waals surface area contributed by atoms with E-state index in [1.54, 1.807) is 12.1 Å². The maximum atomic E-state index is 12.3. The van der Waals surface area contributed by atoms with Gasteiger partial charge in [0.05, 0.1) is 6.04 Å². The van der Waals surface area contributed by atoms with E-state index in [1.807, 2.05) is 36.4 Å². The molecule has 1 amide bonds. The van der Waals surface area contributed by atoms with Gasteiger partial charge in [-0.2, -0.15) is 4.68 Å². The molecule has 1 unspecified atom stereocenters. The number of nitrogens with zero attached hydrogens (tertiary/aromatic N) is 2. The lowest BCUT2D eigenvalue weighted by atomic mass is 10.1. The van der Waals surface area contributed by atoms with Crippen molar-refractivity contribution in [3.8, 4) is 11.5 Å². The molecule has 1 heterocycles. The standard InChI is InChI=1S/C19H17N3O3/c23-17(20-16-11-10-13-6-4-5-9-15(13)16)12-22-19(24)25-18(21-22)14-7-2-1-3-8-14/h1-9,16H,10-12H2,(H,20,23). The molecule has 6 nitrogen and oxygen atoms in total. The lowest BCUT2D eigenvalue weighted by Crippen LogP contribution is -2.33. The Balaban J connectivity index is 1.47. The summed E-state index contributed by atoms with van der Waals surface area (Å²) in [5.41, 5.74) is 3.11. The average Bonchev–Trinajstić information content (AvgIpc) is 3.20. The quantitative estimate of drug-likeness (QED) is 0.794. The van der Waals surface area contributed by atoms with Crippen molar-refractivity contribution >= 4 is 5.91 Å². The van der Waals surface area contributed by atoms with Gasteiger partial charge in [0, 0.05) is 5.56 Å². The van der Waals surface area contributed by atoms with Crippen molar-refractivity contribution in [3.05, 3.63) is 76.3 Å². The SMILES string of the molecule is O=C(Cn1nc(-c2ccccc2)oc1=O)NC1CCc2ccccc21. The molecule has 0 spiro atoms. The number of carbonyl (C=O) groups is 1. The third kappa shape index (κ3) is 3.10. The topological polar surface area (TPSA) is 77.1 Å². The molecule has 1 N–H and O–H groups in total. The largest absolute Gasteiger partial charge is 0.437 e. The fourth-order valence-corrected chi connectivity index (χ4v) is 3.19. The van der Waals surface area contributed by atoms with E-state index >= 15 is 0 Å². The molecular formula is C19H17N3O3. The van der Waals surface area contributed by atoms with Crippen molar-refractivity contribution in [2.45, 2.75) is 25.4 Å². The van der Waals surface area contributed by atoms with Crippen molar-refractivity contribution in [2.24, 2.45) is 0 Å². The summed E-state index contributed by atoms with van der Waals surface area (Å²) in [5.74, 6) is -0.679. The molecule has 3 aromatic rings. The number of hydrogen-bond donors (Lipinski definition) is 1. The predicted molar refractivity (Wildman–Crippen MR) is 91.8 cm³/mol. The van der Waals surface area contributed by atoms with Crippen LogP contribution in [0.25, 0.3) is 11.5 Å². The van der Waals surface area contributed by atoms with Gasteiger partial charge in [-0.05, 0) is 36.1 Å². The molecule has 6 heteroatoms. The van der Waals surface area contributed by atoms with Crippen LogP contribution in [-0.4, -0.2) is 15.7 Å². The van der Waals surface area contributed by atoms with Gasteiger partial charge in [0.15, 0.2) is 0 Å². The van der Waals surface area contributed by atoms with E-state index in [4.69, 9.17) is 4.42 Å². The Bertz CT molecular complexity index is 959. The predicted octanol–water partition coefficient (Wildman–Crippen LogP) is 2.31. The molecule has 0 aliphatic heterocycles. The third-order valence-corrected chi connectivity index (χ3v) is 4.39. The second-order valence-corrected chi connectivity index (χ2v) is 6.05. The zero-order valence-electron chi connectivity index (χ0n) is 13.5. The highest BCUT2D eigenvalue weighted by Gasteiger charge is 2.24. The molecule has 2 aromatic carbocycles. The van der Waals surface area contributed by atoms with Gasteiger partial charge in [-0.25, -0.2) is 4.79 Å². The third-order valence-electron chi connectivity index (χ3n) is 4.39. The Morgan fingerprint density at radius 1 is 1.16 bits per heavy atom. The molecule has 4 rings (SSSR count). The van der Waals surface area contributed by atoms with Crippen LogP contribution in [0.2, 0.25) is 0 Å². The minimum absolute atomic E-state index is 0.0140. The molecular weight excluding hydrogens is 318 g/mol. The van der Waals surface area contributed by atoms with Crippen molar-refractivity contribution in [1.82, 2.24) is 15.1 Å². The van der Waals surface area contributed by atoms with Gasteiger partial charge < -0.3 is 9.73 Å². The molecule has 0 fully saturated rings. The van der Waals surface area contributed by atoms with Crippen LogP contribution in [0.4, 0.5) is 0 Å². The van der Waals surface area contributed by atoms with Gasteiger partial charge >= 0.3 is 5.76 Å². The minimum atomic E-state index is -0.638. The van der Waals surface area contributed by atoms with Crippen LogP contribution in [0.15, 0.2) is 63.8 Å². The summed E-state index contributed by atoms with van der Waals surface area (Å²) in [5, 5.41) is 7.10. The van der Waals surface area contributed by atoms with E-state index < -0.39 is 5.76 Å². The van der Waals surface area contributed by atoms with Gasteiger partial charge in [0.2, 0.25) is 11.8 Å². The van der Waals surface area contributed by atoms with E-state index in [9.17, 15) is 9.59 Å². The molecule has 25 heavy (non-hydrogen) atoms. The number of aryl methyl sites for hydroxylation is 1. The molecule has 0 bridgehead atoms. The normalized spacial score (nSPS) is 15.8. The summed E-state index contributed by atoms with van der Waals surface area (Å²) in [6.07, 6.45) is 1.82. The van der Waals surface area contributed by atoms with Crippen molar-refractivity contribution in [1.29, 1.82) is 0 Å². The molecule has 1 aromatic heterocycles. The lowest BCUT2D eigenvalue weighted by molar-refractivity contribution is -0.122. The molecule has 0 saturated carbocycles. The zero-order valence-corrected chi connectivity index (χ0v) is 13.5. The smallest absolute Gasteiger partial charge is 0.388 e. The molecule has 0 radical (unpaired) electrons. The second kappa shape index (κ2) is 6.39. The van der Waals surface area contributed by atoms with Crippen LogP contribution < -0.4 is 11.1 Å². The summed E-state index contributed by atoms with van der Waals surface area (Å²) >= 11 is 0. The number of carbonyl (C=O) groups excluding carboxylic acids is 1. The van der Waals surface area contributed by atoms with Crippen LogP contribution in [-0.2, 0) is 17.8 Å². The number of fused-ring (bicyclic) bond motifs is 1. The lowest BCUT2D eigenvalue weighted by Gasteiger charge is -2.13. The fraction of sp³-hybridized carbons (Fsp3) is 0.211. The number of benzene rings is 2. The van der Waals surface area contributed by atoms with Gasteiger partial charge in [-0.15, -0.1) is 5.10 Å². The van der Waals surface area contributed by atoms with Gasteiger partial charge in [-0.1, -0.05) is 42.5 Å². The highest BCUT2D eigenvalue weighted by Crippen LogP contribution is 2.30. The summed E-state index contributed by atoms with van der Waals surface area (Å²) in [7, 11) is 0. The van der Waals surface area contributed by atoms with E-state index in [2.05, 4.69) is 16.5 Å². The number of rotatable bonds is 4. The molecule has 0 saturated heterocycles. The van der Waals surface area contributed by atoms with E-state index in [0.29, 0.717) is 5.56 Å². The fourth-order valence-electron chi connectivity index (χ4n) is 3.19. The monoisotopic (exact) mass is 335 g/mol. The Hall–Kier alpha value is -3.15. The van der Waals surface area contributed by atoms with Crippen LogP contribution in [0.1, 0.15) is 23.6 Å². The Kier molecular flexibility index (Phi) is 3.93. The average molecular weight is 335 g/mol. The van der Waals surface area contributed by atoms with E-state index in [1.165, 1.54) is 5.56 Å². The van der Waals surface area contributed by atoms with Crippen molar-refractivity contribution in [2.75, 3.05) is 0 Å². The first-order valence-electron chi connectivity index (χ1n) is 8.21. The first kappa shape index (κ1) is 15.4.